The molecule has 130 valence electrons. The number of ether oxygens (including phenoxy) is 1. The number of imide groups is 1. The number of aryl methyl sites for hydroxylation is 1. The molecular formula is C19H20N2O4. The van der Waals surface area contributed by atoms with Crippen LogP contribution in [0.2, 0.25) is 0 Å². The fraction of sp³-hybridized carbons (Fsp3) is 0.421. The lowest BCUT2D eigenvalue weighted by Crippen LogP contribution is -2.51. The van der Waals surface area contributed by atoms with Gasteiger partial charge in [0.1, 0.15) is 5.75 Å². The summed E-state index contributed by atoms with van der Waals surface area (Å²) in [5.41, 5.74) is 3.54. The van der Waals surface area contributed by atoms with Crippen molar-refractivity contribution in [3.63, 3.8) is 0 Å². The zero-order valence-electron chi connectivity index (χ0n) is 14.1. The third-order valence-corrected chi connectivity index (χ3v) is 5.40. The molecule has 25 heavy (non-hydrogen) atoms. The van der Waals surface area contributed by atoms with Gasteiger partial charge < -0.3 is 4.74 Å². The van der Waals surface area contributed by atoms with Gasteiger partial charge in [0.25, 0.3) is 17.7 Å². The van der Waals surface area contributed by atoms with Crippen LogP contribution in [0.4, 0.5) is 0 Å². The van der Waals surface area contributed by atoms with Crippen LogP contribution in [0.15, 0.2) is 36.4 Å². The number of carbonyl (C=O) groups excluding carboxylic acids is 3. The van der Waals surface area contributed by atoms with E-state index in [0.29, 0.717) is 5.75 Å². The number of fused-ring (bicyclic) bond motifs is 5. The summed E-state index contributed by atoms with van der Waals surface area (Å²) in [4.78, 5) is 37.5. The Hall–Kier alpha value is -2.63. The van der Waals surface area contributed by atoms with E-state index in [-0.39, 0.29) is 35.5 Å². The van der Waals surface area contributed by atoms with Crippen molar-refractivity contribution < 1.29 is 19.1 Å². The van der Waals surface area contributed by atoms with Gasteiger partial charge in [0.15, 0.2) is 6.10 Å². The van der Waals surface area contributed by atoms with E-state index in [0.717, 1.165) is 17.0 Å². The number of nitrogens with zero attached hydrogens (tertiary/aromatic N) is 1. The summed E-state index contributed by atoms with van der Waals surface area (Å²) >= 11 is 0. The van der Waals surface area contributed by atoms with Gasteiger partial charge in [-0.3, -0.25) is 19.8 Å². The lowest BCUT2D eigenvalue weighted by atomic mass is 9.85. The van der Waals surface area contributed by atoms with Crippen LogP contribution in [-0.2, 0) is 14.4 Å². The van der Waals surface area contributed by atoms with Crippen LogP contribution in [-0.4, -0.2) is 28.8 Å². The minimum atomic E-state index is -0.821. The molecule has 1 N–H and O–H groups in total. The number of benzene rings is 1. The Kier molecular flexibility index (Phi) is 3.63. The Morgan fingerprint density at radius 1 is 1.12 bits per heavy atom. The summed E-state index contributed by atoms with van der Waals surface area (Å²) in [6.45, 7) is 3.55. The SMILES string of the molecule is Cc1ccc(O[C@@H](C)C(=O)NN2C(=O)[C@@H]3[C@H](C2=O)[C@H]2C=C[C@H]3C2)cc1. The van der Waals surface area contributed by atoms with Crippen LogP contribution in [0, 0.1) is 30.6 Å². The van der Waals surface area contributed by atoms with Gasteiger partial charge in [0.05, 0.1) is 11.8 Å². The third kappa shape index (κ3) is 2.52. The normalized spacial score (nSPS) is 30.6. The molecule has 6 nitrogen and oxygen atoms in total. The van der Waals surface area contributed by atoms with Crippen molar-refractivity contribution in [2.24, 2.45) is 23.7 Å². The lowest BCUT2D eigenvalue weighted by Gasteiger charge is -2.21. The Bertz CT molecular complexity index is 740. The maximum Gasteiger partial charge on any atom is 0.279 e. The van der Waals surface area contributed by atoms with Gasteiger partial charge in [-0.1, -0.05) is 29.8 Å². The molecule has 1 heterocycles. The van der Waals surface area contributed by atoms with E-state index in [1.807, 2.05) is 31.2 Å². The number of rotatable bonds is 4. The van der Waals surface area contributed by atoms with E-state index < -0.39 is 12.0 Å². The van der Waals surface area contributed by atoms with Crippen LogP contribution >= 0.6 is 0 Å². The first kappa shape index (κ1) is 15.9. The summed E-state index contributed by atoms with van der Waals surface area (Å²) in [6.07, 6.45) is 4.08. The number of amides is 3. The van der Waals surface area contributed by atoms with Gasteiger partial charge in [-0.15, -0.1) is 0 Å². The summed E-state index contributed by atoms with van der Waals surface area (Å²) in [5.74, 6) is -0.962. The van der Waals surface area contributed by atoms with Gasteiger partial charge >= 0.3 is 0 Å². The van der Waals surface area contributed by atoms with Crippen molar-refractivity contribution in [2.75, 3.05) is 0 Å². The van der Waals surface area contributed by atoms with E-state index in [1.54, 1.807) is 19.1 Å². The van der Waals surface area contributed by atoms with Crippen LogP contribution in [0.25, 0.3) is 0 Å². The van der Waals surface area contributed by atoms with Crippen molar-refractivity contribution in [3.05, 3.63) is 42.0 Å². The van der Waals surface area contributed by atoms with Crippen molar-refractivity contribution in [1.29, 1.82) is 0 Å². The van der Waals surface area contributed by atoms with Gasteiger partial charge in [-0.05, 0) is 44.2 Å². The second kappa shape index (κ2) is 5.72. The van der Waals surface area contributed by atoms with Crippen LogP contribution in [0.1, 0.15) is 18.9 Å². The first-order valence-corrected chi connectivity index (χ1v) is 8.55. The number of hydrogen-bond acceptors (Lipinski definition) is 4. The molecule has 3 aliphatic rings. The van der Waals surface area contributed by atoms with Gasteiger partial charge in [-0.2, -0.15) is 5.01 Å². The number of allylic oxidation sites excluding steroid dienone is 2. The summed E-state index contributed by atoms with van der Waals surface area (Å²) in [5, 5.41) is 0.902. The average molecular weight is 340 g/mol. The predicted octanol–water partition coefficient (Wildman–Crippen LogP) is 1.60. The molecule has 0 spiro atoms. The highest BCUT2D eigenvalue weighted by Gasteiger charge is 2.59. The van der Waals surface area contributed by atoms with Crippen LogP contribution < -0.4 is 10.2 Å². The Morgan fingerprint density at radius 3 is 2.24 bits per heavy atom. The predicted molar refractivity (Wildman–Crippen MR) is 89.0 cm³/mol. The van der Waals surface area contributed by atoms with Crippen molar-refractivity contribution >= 4 is 17.7 Å². The topological polar surface area (TPSA) is 75.7 Å². The van der Waals surface area contributed by atoms with E-state index >= 15 is 0 Å². The molecule has 3 amide bonds. The molecule has 1 saturated heterocycles. The zero-order chi connectivity index (χ0) is 17.7. The Labute approximate surface area is 145 Å². The molecule has 2 bridgehead atoms. The van der Waals surface area contributed by atoms with E-state index in [9.17, 15) is 14.4 Å². The molecule has 0 unspecified atom stereocenters. The Balaban J connectivity index is 1.42. The molecule has 1 aromatic carbocycles. The standard InChI is InChI=1S/C19H20N2O4/c1-10-3-7-14(8-4-10)25-11(2)17(22)20-21-18(23)15-12-5-6-13(9-12)16(15)19(21)24/h3-8,11-13,15-16H,9H2,1-2H3,(H,20,22)/t11-,12-,13-,15-,16+/m0/s1. The first-order valence-electron chi connectivity index (χ1n) is 8.55. The fourth-order valence-corrected chi connectivity index (χ4v) is 4.09. The molecule has 6 heteroatoms. The maximum atomic E-state index is 12.6. The second-order valence-electron chi connectivity index (χ2n) is 7.06. The number of nitrogens with one attached hydrogen (secondary N) is 1. The van der Waals surface area contributed by atoms with E-state index in [4.69, 9.17) is 4.74 Å². The largest absolute Gasteiger partial charge is 0.481 e. The Morgan fingerprint density at radius 2 is 1.68 bits per heavy atom. The zero-order valence-corrected chi connectivity index (χ0v) is 14.1. The lowest BCUT2D eigenvalue weighted by molar-refractivity contribution is -0.151. The minimum Gasteiger partial charge on any atom is -0.481 e. The summed E-state index contributed by atoms with van der Waals surface area (Å²) < 4.78 is 5.59. The maximum absolute atomic E-state index is 12.6. The second-order valence-corrected chi connectivity index (χ2v) is 7.06. The summed E-state index contributed by atoms with van der Waals surface area (Å²) in [7, 11) is 0. The number of carbonyl (C=O) groups is 3. The number of hydrazine groups is 1. The fourth-order valence-electron chi connectivity index (χ4n) is 4.09. The first-order chi connectivity index (χ1) is 12.0. The molecule has 2 fully saturated rings. The van der Waals surface area contributed by atoms with Crippen molar-refractivity contribution in [3.8, 4) is 5.75 Å². The van der Waals surface area contributed by atoms with Gasteiger partial charge in [0.2, 0.25) is 0 Å². The highest BCUT2D eigenvalue weighted by molar-refractivity contribution is 6.07. The van der Waals surface area contributed by atoms with Gasteiger partial charge in [-0.25, -0.2) is 0 Å². The van der Waals surface area contributed by atoms with E-state index in [2.05, 4.69) is 5.43 Å². The highest BCUT2D eigenvalue weighted by Crippen LogP contribution is 2.52. The molecule has 2 aliphatic carbocycles. The molecule has 1 saturated carbocycles. The molecule has 1 aliphatic heterocycles. The van der Waals surface area contributed by atoms with Crippen molar-refractivity contribution in [2.45, 2.75) is 26.4 Å². The van der Waals surface area contributed by atoms with Gasteiger partial charge in [0, 0.05) is 0 Å². The summed E-state index contributed by atoms with van der Waals surface area (Å²) in [6, 6.07) is 7.33. The van der Waals surface area contributed by atoms with Crippen LogP contribution in [0.5, 0.6) is 5.75 Å². The molecule has 4 rings (SSSR count). The average Bonchev–Trinajstić information content (AvgIpc) is 3.26. The highest BCUT2D eigenvalue weighted by atomic mass is 16.5. The van der Waals surface area contributed by atoms with Crippen LogP contribution in [0.3, 0.4) is 0 Å². The molecule has 0 radical (unpaired) electrons. The minimum absolute atomic E-state index is 0.120. The molecule has 0 aromatic heterocycles. The quantitative estimate of drug-likeness (QED) is 0.667. The number of hydrogen-bond donors (Lipinski definition) is 1. The molecule has 1 aromatic rings. The third-order valence-electron chi connectivity index (χ3n) is 5.40. The monoisotopic (exact) mass is 340 g/mol. The van der Waals surface area contributed by atoms with E-state index in [1.165, 1.54) is 0 Å². The molecule has 5 atom stereocenters. The van der Waals surface area contributed by atoms with Crippen molar-refractivity contribution in [1.82, 2.24) is 10.4 Å². The molecular weight excluding hydrogens is 320 g/mol. The smallest absolute Gasteiger partial charge is 0.279 e.